The number of ketones is 1. The molecule has 1 aliphatic rings. The predicted octanol–water partition coefficient (Wildman–Crippen LogP) is 3.83. The fourth-order valence-corrected chi connectivity index (χ4v) is 2.35. The molecule has 2 nitrogen and oxygen atoms in total. The number of carbonyl (C=O) groups excluding carboxylic acids is 1. The minimum Gasteiger partial charge on any atom is -0.488 e. The van der Waals surface area contributed by atoms with Gasteiger partial charge in [0.2, 0.25) is 0 Å². The average molecular weight is 264 g/mol. The van der Waals surface area contributed by atoms with Gasteiger partial charge < -0.3 is 4.74 Å². The van der Waals surface area contributed by atoms with E-state index >= 15 is 0 Å². The zero-order chi connectivity index (χ0) is 14.1. The number of Topliss-reactive ketones (excluding diaryl/α,β-unsaturated/α-hetero) is 1. The third-order valence-corrected chi connectivity index (χ3v) is 3.60. The van der Waals surface area contributed by atoms with E-state index < -0.39 is 0 Å². The van der Waals surface area contributed by atoms with Gasteiger partial charge >= 0.3 is 0 Å². The van der Waals surface area contributed by atoms with E-state index in [2.05, 4.69) is 25.6 Å². The third-order valence-electron chi connectivity index (χ3n) is 3.60. The molecule has 0 saturated carbocycles. The molecule has 2 heteroatoms. The zero-order valence-corrected chi connectivity index (χ0v) is 11.5. The summed E-state index contributed by atoms with van der Waals surface area (Å²) >= 11 is 0. The first-order valence-electron chi connectivity index (χ1n) is 6.68. The van der Waals surface area contributed by atoms with Gasteiger partial charge in [-0.15, -0.1) is 0 Å². The van der Waals surface area contributed by atoms with E-state index in [0.717, 1.165) is 22.3 Å². The summed E-state index contributed by atoms with van der Waals surface area (Å²) in [6, 6.07) is 13.9. The normalized spacial score (nSPS) is 12.6. The Kier molecular flexibility index (Phi) is 3.15. The largest absolute Gasteiger partial charge is 0.488 e. The lowest BCUT2D eigenvalue weighted by atomic mass is 9.86. The Labute approximate surface area is 118 Å². The summed E-state index contributed by atoms with van der Waals surface area (Å²) in [5.74, 6) is 0.837. The van der Waals surface area contributed by atoms with Crippen LogP contribution >= 0.6 is 0 Å². The molecule has 0 radical (unpaired) electrons. The molecule has 0 aromatic heterocycles. The Morgan fingerprint density at radius 2 is 1.95 bits per heavy atom. The molecule has 2 aromatic carbocycles. The van der Waals surface area contributed by atoms with E-state index in [1.54, 1.807) is 0 Å². The third kappa shape index (κ3) is 2.25. The standard InChI is InChI=1S/C18H16O2/c1-12-6-8-14(9-7-12)13(2)11-20-17-5-3-4-15-10-16(19)18(15)17/h3-9H,2,10-11H2,1H3. The monoisotopic (exact) mass is 264 g/mol. The van der Waals surface area contributed by atoms with Crippen molar-refractivity contribution in [3.8, 4) is 5.75 Å². The van der Waals surface area contributed by atoms with Gasteiger partial charge in [0, 0.05) is 6.42 Å². The number of fused-ring (bicyclic) bond motifs is 1. The van der Waals surface area contributed by atoms with Crippen LogP contribution in [0.3, 0.4) is 0 Å². The van der Waals surface area contributed by atoms with Crippen molar-refractivity contribution in [3.05, 3.63) is 71.3 Å². The second-order valence-electron chi connectivity index (χ2n) is 5.15. The fourth-order valence-electron chi connectivity index (χ4n) is 2.35. The SMILES string of the molecule is C=C(COc1cccc2c1C(=O)C2)c1ccc(C)cc1. The van der Waals surface area contributed by atoms with Crippen LogP contribution in [0.5, 0.6) is 5.75 Å². The van der Waals surface area contributed by atoms with E-state index in [-0.39, 0.29) is 5.78 Å². The van der Waals surface area contributed by atoms with E-state index in [0.29, 0.717) is 18.8 Å². The van der Waals surface area contributed by atoms with Gasteiger partial charge in [0.1, 0.15) is 12.4 Å². The molecule has 0 bridgehead atoms. The first-order valence-corrected chi connectivity index (χ1v) is 6.68. The Bertz CT molecular complexity index is 681. The van der Waals surface area contributed by atoms with Crippen LogP contribution in [0.25, 0.3) is 5.57 Å². The summed E-state index contributed by atoms with van der Waals surface area (Å²) in [5.41, 5.74) is 5.01. The molecule has 3 rings (SSSR count). The highest BCUT2D eigenvalue weighted by Gasteiger charge is 2.27. The second kappa shape index (κ2) is 4.97. The summed E-state index contributed by atoms with van der Waals surface area (Å²) in [4.78, 5) is 11.6. The molecule has 0 aliphatic heterocycles. The molecule has 2 aromatic rings. The lowest BCUT2D eigenvalue weighted by molar-refractivity contribution is 0.0963. The molecule has 0 saturated heterocycles. The van der Waals surface area contributed by atoms with Crippen molar-refractivity contribution in [2.45, 2.75) is 13.3 Å². The number of hydrogen-bond donors (Lipinski definition) is 0. The highest BCUT2D eigenvalue weighted by atomic mass is 16.5. The Morgan fingerprint density at radius 3 is 2.65 bits per heavy atom. The van der Waals surface area contributed by atoms with Crippen molar-refractivity contribution >= 4 is 11.4 Å². The van der Waals surface area contributed by atoms with Gasteiger partial charge in [-0.25, -0.2) is 0 Å². The average Bonchev–Trinajstić information content (AvgIpc) is 2.44. The van der Waals surface area contributed by atoms with Crippen LogP contribution in [0.15, 0.2) is 49.0 Å². The smallest absolute Gasteiger partial charge is 0.171 e. The van der Waals surface area contributed by atoms with Gasteiger partial charge in [-0.2, -0.15) is 0 Å². The summed E-state index contributed by atoms with van der Waals surface area (Å²) in [6.07, 6.45) is 0.533. The molecular formula is C18H16O2. The van der Waals surface area contributed by atoms with E-state index in [9.17, 15) is 4.79 Å². The maximum atomic E-state index is 11.6. The summed E-state index contributed by atoms with van der Waals surface area (Å²) in [7, 11) is 0. The van der Waals surface area contributed by atoms with E-state index in [4.69, 9.17) is 4.74 Å². The molecule has 0 amide bonds. The molecule has 0 N–H and O–H groups in total. The number of aryl methyl sites for hydroxylation is 1. The van der Waals surface area contributed by atoms with Crippen LogP contribution in [-0.4, -0.2) is 12.4 Å². The van der Waals surface area contributed by atoms with Crippen molar-refractivity contribution in [3.63, 3.8) is 0 Å². The van der Waals surface area contributed by atoms with Gasteiger partial charge in [0.25, 0.3) is 0 Å². The summed E-state index contributed by atoms with van der Waals surface area (Å²) in [6.45, 7) is 6.50. The predicted molar refractivity (Wildman–Crippen MR) is 80.2 cm³/mol. The fraction of sp³-hybridized carbons (Fsp3) is 0.167. The zero-order valence-electron chi connectivity index (χ0n) is 11.5. The van der Waals surface area contributed by atoms with Crippen LogP contribution in [-0.2, 0) is 6.42 Å². The molecule has 20 heavy (non-hydrogen) atoms. The minimum absolute atomic E-state index is 0.163. The van der Waals surface area contributed by atoms with Crippen LogP contribution in [0, 0.1) is 6.92 Å². The highest BCUT2D eigenvalue weighted by molar-refractivity contribution is 6.08. The van der Waals surface area contributed by atoms with E-state index in [1.807, 2.05) is 30.3 Å². The Balaban J connectivity index is 1.71. The molecule has 1 aliphatic carbocycles. The molecule has 0 fully saturated rings. The molecule has 0 unspecified atom stereocenters. The lowest BCUT2D eigenvalue weighted by Crippen LogP contribution is -2.20. The molecular weight excluding hydrogens is 248 g/mol. The number of rotatable bonds is 4. The Morgan fingerprint density at radius 1 is 1.20 bits per heavy atom. The number of hydrogen-bond acceptors (Lipinski definition) is 2. The van der Waals surface area contributed by atoms with Crippen LogP contribution < -0.4 is 4.74 Å². The highest BCUT2D eigenvalue weighted by Crippen LogP contribution is 2.32. The van der Waals surface area contributed by atoms with Crippen molar-refractivity contribution in [2.75, 3.05) is 6.61 Å². The lowest BCUT2D eigenvalue weighted by Gasteiger charge is -2.21. The molecule has 0 atom stereocenters. The topological polar surface area (TPSA) is 26.3 Å². The van der Waals surface area contributed by atoms with Gasteiger partial charge in [-0.05, 0) is 29.7 Å². The van der Waals surface area contributed by atoms with E-state index in [1.165, 1.54) is 5.56 Å². The number of ether oxygens (including phenoxy) is 1. The molecule has 0 spiro atoms. The van der Waals surface area contributed by atoms with Crippen molar-refractivity contribution in [1.29, 1.82) is 0 Å². The minimum atomic E-state index is 0.163. The van der Waals surface area contributed by atoms with Crippen molar-refractivity contribution in [2.24, 2.45) is 0 Å². The number of benzene rings is 2. The Hall–Kier alpha value is -2.35. The van der Waals surface area contributed by atoms with Crippen molar-refractivity contribution < 1.29 is 9.53 Å². The maximum Gasteiger partial charge on any atom is 0.171 e. The van der Waals surface area contributed by atoms with Crippen LogP contribution in [0.2, 0.25) is 0 Å². The molecule has 100 valence electrons. The number of carbonyl (C=O) groups is 1. The van der Waals surface area contributed by atoms with Gasteiger partial charge in [0.05, 0.1) is 5.56 Å². The summed E-state index contributed by atoms with van der Waals surface area (Å²) < 4.78 is 5.77. The van der Waals surface area contributed by atoms with Gasteiger partial charge in [0.15, 0.2) is 5.78 Å². The summed E-state index contributed by atoms with van der Waals surface area (Å²) in [5, 5.41) is 0. The first-order chi connectivity index (χ1) is 9.65. The molecule has 0 heterocycles. The first kappa shape index (κ1) is 12.7. The maximum absolute atomic E-state index is 11.6. The second-order valence-corrected chi connectivity index (χ2v) is 5.15. The van der Waals surface area contributed by atoms with Crippen molar-refractivity contribution in [1.82, 2.24) is 0 Å². The quantitative estimate of drug-likeness (QED) is 0.839. The van der Waals surface area contributed by atoms with Crippen LogP contribution in [0.1, 0.15) is 27.0 Å². The van der Waals surface area contributed by atoms with Crippen LogP contribution in [0.4, 0.5) is 0 Å². The van der Waals surface area contributed by atoms with Gasteiger partial charge in [-0.3, -0.25) is 4.79 Å². The van der Waals surface area contributed by atoms with Gasteiger partial charge in [-0.1, -0.05) is 48.5 Å².